The third kappa shape index (κ3) is 1.25. The van der Waals surface area contributed by atoms with Crippen molar-refractivity contribution in [3.8, 4) is 0 Å². The molecule has 3 aliphatic rings. The molecule has 0 atom stereocenters. The average molecular weight is 135 g/mol. The van der Waals surface area contributed by atoms with Crippen molar-refractivity contribution >= 4 is 0 Å². The molecule has 3 rings (SSSR count). The molecular formula is C10H15. The third-order valence-corrected chi connectivity index (χ3v) is 2.84. The minimum atomic E-state index is 1.06. The highest BCUT2D eigenvalue weighted by atomic mass is 14.3. The normalized spacial score (nSPS) is 31.6. The van der Waals surface area contributed by atoms with Crippen LogP contribution in [-0.2, 0) is 0 Å². The summed E-state index contributed by atoms with van der Waals surface area (Å²) >= 11 is 0. The van der Waals surface area contributed by atoms with E-state index in [4.69, 9.17) is 0 Å². The molecule has 2 bridgehead atoms. The summed E-state index contributed by atoms with van der Waals surface area (Å²) in [4.78, 5) is 0. The molecule has 0 heteroatoms. The van der Waals surface area contributed by atoms with Gasteiger partial charge in [-0.15, -0.1) is 0 Å². The molecule has 3 aliphatic carbocycles. The van der Waals surface area contributed by atoms with Gasteiger partial charge in [0.15, 0.2) is 0 Å². The van der Waals surface area contributed by atoms with Gasteiger partial charge in [-0.3, -0.25) is 0 Å². The van der Waals surface area contributed by atoms with E-state index in [2.05, 4.69) is 12.2 Å². The lowest BCUT2D eigenvalue weighted by molar-refractivity contribution is 0.361. The Labute approximate surface area is 63.3 Å². The van der Waals surface area contributed by atoms with E-state index in [9.17, 15) is 0 Å². The Morgan fingerprint density at radius 3 is 2.70 bits per heavy atom. The van der Waals surface area contributed by atoms with Gasteiger partial charge in [-0.05, 0) is 50.4 Å². The van der Waals surface area contributed by atoms with Crippen molar-refractivity contribution in [1.29, 1.82) is 0 Å². The maximum absolute atomic E-state index is 2.37. The highest BCUT2D eigenvalue weighted by molar-refractivity contribution is 5.13. The molecule has 0 unspecified atom stereocenters. The summed E-state index contributed by atoms with van der Waals surface area (Å²) in [5.41, 5.74) is 0. The molecular weight excluding hydrogens is 120 g/mol. The average Bonchev–Trinajstić information content (AvgIpc) is 1.89. The topological polar surface area (TPSA) is 0 Å². The third-order valence-electron chi connectivity index (χ3n) is 2.84. The van der Waals surface area contributed by atoms with Gasteiger partial charge in [0.25, 0.3) is 0 Å². The SMILES string of the molecule is C1=C\[C]2CCC(CC/1)CC2. The minimum absolute atomic E-state index is 1.06. The summed E-state index contributed by atoms with van der Waals surface area (Å²) in [5.74, 6) is 2.77. The lowest BCUT2D eigenvalue weighted by Crippen LogP contribution is -2.13. The second-order valence-electron chi connectivity index (χ2n) is 3.58. The molecule has 1 fully saturated rings. The first-order valence-electron chi connectivity index (χ1n) is 4.46. The van der Waals surface area contributed by atoms with Crippen molar-refractivity contribution in [3.63, 3.8) is 0 Å². The Morgan fingerprint density at radius 1 is 1.10 bits per heavy atom. The van der Waals surface area contributed by atoms with Crippen molar-refractivity contribution in [2.24, 2.45) is 5.92 Å². The standard InChI is InChI=1S/C10H15/c1-2-4-10-7-5-9(3-1)6-8-10/h1,3,10H,2,4-8H2/b3-1-. The summed E-state index contributed by atoms with van der Waals surface area (Å²) in [6.45, 7) is 0. The summed E-state index contributed by atoms with van der Waals surface area (Å²) in [7, 11) is 0. The van der Waals surface area contributed by atoms with E-state index in [0.717, 1.165) is 5.92 Å². The predicted octanol–water partition coefficient (Wildman–Crippen LogP) is 3.10. The van der Waals surface area contributed by atoms with Crippen LogP contribution in [0, 0.1) is 11.8 Å². The largest absolute Gasteiger partial charge is 0.0879 e. The Balaban J connectivity index is 2.07. The van der Waals surface area contributed by atoms with Crippen molar-refractivity contribution in [2.45, 2.75) is 38.5 Å². The number of fused-ring (bicyclic) bond motifs is 4. The summed E-state index contributed by atoms with van der Waals surface area (Å²) < 4.78 is 0. The maximum Gasteiger partial charge on any atom is -0.00271 e. The van der Waals surface area contributed by atoms with E-state index >= 15 is 0 Å². The van der Waals surface area contributed by atoms with Gasteiger partial charge in [-0.25, -0.2) is 0 Å². The highest BCUT2D eigenvalue weighted by Gasteiger charge is 2.20. The molecule has 0 aliphatic heterocycles. The van der Waals surface area contributed by atoms with Gasteiger partial charge < -0.3 is 0 Å². The monoisotopic (exact) mass is 135 g/mol. The minimum Gasteiger partial charge on any atom is -0.0879 e. The van der Waals surface area contributed by atoms with Crippen LogP contribution >= 0.6 is 0 Å². The number of rotatable bonds is 0. The quantitative estimate of drug-likeness (QED) is 0.479. The van der Waals surface area contributed by atoms with E-state index in [1.807, 2.05) is 0 Å². The fraction of sp³-hybridized carbons (Fsp3) is 0.700. The Hall–Kier alpha value is -0.260. The molecule has 0 spiro atoms. The van der Waals surface area contributed by atoms with Gasteiger partial charge in [-0.1, -0.05) is 12.2 Å². The van der Waals surface area contributed by atoms with Crippen LogP contribution in [0.25, 0.3) is 0 Å². The first-order valence-corrected chi connectivity index (χ1v) is 4.46. The molecule has 0 N–H and O–H groups in total. The van der Waals surface area contributed by atoms with Crippen LogP contribution in [0.5, 0.6) is 0 Å². The highest BCUT2D eigenvalue weighted by Crippen LogP contribution is 2.35. The molecule has 0 aromatic carbocycles. The predicted molar refractivity (Wildman–Crippen MR) is 43.6 cm³/mol. The molecule has 0 aromatic heterocycles. The molecule has 0 saturated heterocycles. The molecule has 0 aromatic rings. The van der Waals surface area contributed by atoms with Crippen LogP contribution in [0.15, 0.2) is 12.2 Å². The van der Waals surface area contributed by atoms with E-state index in [1.165, 1.54) is 38.5 Å². The maximum atomic E-state index is 2.37. The Kier molecular flexibility index (Phi) is 1.79. The fourth-order valence-corrected chi connectivity index (χ4v) is 2.09. The van der Waals surface area contributed by atoms with E-state index in [0.29, 0.717) is 0 Å². The number of hydrogen-bond acceptors (Lipinski definition) is 0. The summed E-state index contributed by atoms with van der Waals surface area (Å²) in [6, 6.07) is 0. The van der Waals surface area contributed by atoms with E-state index < -0.39 is 0 Å². The van der Waals surface area contributed by atoms with Gasteiger partial charge in [0.2, 0.25) is 0 Å². The first-order chi connectivity index (χ1) is 4.95. The Morgan fingerprint density at radius 2 is 1.90 bits per heavy atom. The van der Waals surface area contributed by atoms with Crippen LogP contribution in [0.4, 0.5) is 0 Å². The van der Waals surface area contributed by atoms with Crippen LogP contribution in [0.2, 0.25) is 0 Å². The lowest BCUT2D eigenvalue weighted by Gasteiger charge is -2.27. The zero-order valence-corrected chi connectivity index (χ0v) is 6.47. The lowest BCUT2D eigenvalue weighted by atomic mass is 9.78. The van der Waals surface area contributed by atoms with Crippen molar-refractivity contribution in [2.75, 3.05) is 0 Å². The second kappa shape index (κ2) is 2.77. The summed E-state index contributed by atoms with van der Waals surface area (Å²) in [6.07, 6.45) is 13.2. The van der Waals surface area contributed by atoms with Crippen molar-refractivity contribution in [1.82, 2.24) is 0 Å². The van der Waals surface area contributed by atoms with Gasteiger partial charge in [0, 0.05) is 0 Å². The van der Waals surface area contributed by atoms with E-state index in [1.54, 1.807) is 5.92 Å². The van der Waals surface area contributed by atoms with Crippen LogP contribution in [0.1, 0.15) is 38.5 Å². The molecule has 0 heterocycles. The molecule has 0 nitrogen and oxygen atoms in total. The summed E-state index contributed by atoms with van der Waals surface area (Å²) in [5, 5.41) is 0. The van der Waals surface area contributed by atoms with Gasteiger partial charge in [0.1, 0.15) is 0 Å². The van der Waals surface area contributed by atoms with Crippen molar-refractivity contribution in [3.05, 3.63) is 18.1 Å². The van der Waals surface area contributed by atoms with Gasteiger partial charge >= 0.3 is 0 Å². The van der Waals surface area contributed by atoms with Crippen LogP contribution in [0.3, 0.4) is 0 Å². The molecule has 0 amide bonds. The fourth-order valence-electron chi connectivity index (χ4n) is 2.09. The zero-order chi connectivity index (χ0) is 6.81. The Bertz CT molecular complexity index is 127. The zero-order valence-electron chi connectivity index (χ0n) is 6.47. The van der Waals surface area contributed by atoms with Crippen LogP contribution < -0.4 is 0 Å². The van der Waals surface area contributed by atoms with Crippen LogP contribution in [-0.4, -0.2) is 0 Å². The number of allylic oxidation sites excluding steroid dienone is 2. The first kappa shape index (κ1) is 6.45. The van der Waals surface area contributed by atoms with Gasteiger partial charge in [-0.2, -0.15) is 0 Å². The molecule has 1 saturated carbocycles. The van der Waals surface area contributed by atoms with E-state index in [-0.39, 0.29) is 0 Å². The molecule has 55 valence electrons. The second-order valence-corrected chi connectivity index (χ2v) is 3.58. The molecule has 10 heavy (non-hydrogen) atoms. The molecule has 1 radical (unpaired) electrons. The number of hydrogen-bond donors (Lipinski definition) is 0. The smallest absolute Gasteiger partial charge is 0.00271 e. The van der Waals surface area contributed by atoms with Crippen molar-refractivity contribution < 1.29 is 0 Å². The van der Waals surface area contributed by atoms with Gasteiger partial charge in [0.05, 0.1) is 0 Å².